The molecule has 0 atom stereocenters. The third kappa shape index (κ3) is 8.13. The SMILES string of the molecule is C#CC1CCC(N=Cc2cc(NC(=O)/C(I)=C/C=C\C(=N\O)OC)c(OCC)cc2N)CC1. The van der Waals surface area contributed by atoms with Crippen LogP contribution in [-0.2, 0) is 9.53 Å². The van der Waals surface area contributed by atoms with Crippen LogP contribution in [0.5, 0.6) is 5.75 Å². The predicted molar refractivity (Wildman–Crippen MR) is 140 cm³/mol. The molecule has 0 aromatic heterocycles. The highest BCUT2D eigenvalue weighted by Gasteiger charge is 2.19. The number of carbonyl (C=O) groups excluding carboxylic acids is 1. The van der Waals surface area contributed by atoms with E-state index in [4.69, 9.17) is 31.8 Å². The van der Waals surface area contributed by atoms with E-state index in [1.807, 2.05) is 29.5 Å². The minimum Gasteiger partial charge on any atom is -0.492 e. The van der Waals surface area contributed by atoms with Crippen LogP contribution >= 0.6 is 22.6 Å². The maximum atomic E-state index is 12.7. The van der Waals surface area contributed by atoms with Gasteiger partial charge in [0.05, 0.1) is 29.0 Å². The largest absolute Gasteiger partial charge is 0.492 e. The molecule has 0 aliphatic heterocycles. The van der Waals surface area contributed by atoms with Gasteiger partial charge in [-0.2, -0.15) is 0 Å². The zero-order valence-electron chi connectivity index (χ0n) is 18.8. The maximum Gasteiger partial charge on any atom is 0.261 e. The number of oxime groups is 1. The number of hydrogen-bond donors (Lipinski definition) is 3. The summed E-state index contributed by atoms with van der Waals surface area (Å²) in [5.41, 5.74) is 7.93. The van der Waals surface area contributed by atoms with Crippen LogP contribution in [0, 0.1) is 18.3 Å². The molecule has 0 heterocycles. The molecule has 0 bridgehead atoms. The van der Waals surface area contributed by atoms with E-state index < -0.39 is 0 Å². The van der Waals surface area contributed by atoms with E-state index in [2.05, 4.69) is 16.4 Å². The third-order valence-electron chi connectivity index (χ3n) is 5.10. The van der Waals surface area contributed by atoms with Crippen LogP contribution in [0.2, 0.25) is 0 Å². The molecule has 0 saturated heterocycles. The minimum absolute atomic E-state index is 0.0183. The molecule has 1 aromatic carbocycles. The monoisotopic (exact) mass is 564 g/mol. The van der Waals surface area contributed by atoms with Crippen molar-refractivity contribution in [3.8, 4) is 18.1 Å². The van der Waals surface area contributed by atoms with Crippen LogP contribution in [0.3, 0.4) is 0 Å². The molecule has 176 valence electrons. The number of nitrogens with zero attached hydrogens (tertiary/aromatic N) is 2. The van der Waals surface area contributed by atoms with Crippen molar-refractivity contribution in [2.24, 2.45) is 16.1 Å². The highest BCUT2D eigenvalue weighted by atomic mass is 127. The molecule has 0 spiro atoms. The van der Waals surface area contributed by atoms with Crippen molar-refractivity contribution in [3.63, 3.8) is 0 Å². The van der Waals surface area contributed by atoms with Crippen molar-refractivity contribution in [2.75, 3.05) is 24.8 Å². The number of carbonyl (C=O) groups is 1. The molecule has 1 amide bonds. The van der Waals surface area contributed by atoms with Crippen LogP contribution in [0.4, 0.5) is 11.4 Å². The van der Waals surface area contributed by atoms with Crippen molar-refractivity contribution in [1.82, 2.24) is 0 Å². The number of anilines is 2. The number of benzene rings is 1. The molecule has 1 fully saturated rings. The number of nitrogens with one attached hydrogen (secondary N) is 1. The Balaban J connectivity index is 2.18. The molecule has 0 unspecified atom stereocenters. The summed E-state index contributed by atoms with van der Waals surface area (Å²) < 4.78 is 10.9. The Morgan fingerprint density at radius 2 is 2.12 bits per heavy atom. The summed E-state index contributed by atoms with van der Waals surface area (Å²) in [6, 6.07) is 3.67. The van der Waals surface area contributed by atoms with Gasteiger partial charge < -0.3 is 25.7 Å². The summed E-state index contributed by atoms with van der Waals surface area (Å²) in [4.78, 5) is 17.4. The number of hydrogen-bond acceptors (Lipinski definition) is 7. The maximum absolute atomic E-state index is 12.7. The number of methoxy groups -OCH3 is 1. The molecule has 1 saturated carbocycles. The average molecular weight is 564 g/mol. The molecule has 0 radical (unpaired) electrons. The highest BCUT2D eigenvalue weighted by molar-refractivity contribution is 14.1. The molecule has 9 heteroatoms. The van der Waals surface area contributed by atoms with E-state index in [-0.39, 0.29) is 17.8 Å². The van der Waals surface area contributed by atoms with Gasteiger partial charge in [-0.25, -0.2) is 0 Å². The lowest BCUT2D eigenvalue weighted by Crippen LogP contribution is -2.16. The van der Waals surface area contributed by atoms with E-state index >= 15 is 0 Å². The lowest BCUT2D eigenvalue weighted by Gasteiger charge is -2.22. The second kappa shape index (κ2) is 13.5. The quantitative estimate of drug-likeness (QED) is 0.0494. The van der Waals surface area contributed by atoms with Gasteiger partial charge in [0.1, 0.15) is 5.75 Å². The van der Waals surface area contributed by atoms with Gasteiger partial charge >= 0.3 is 0 Å². The fraction of sp³-hybridized carbons (Fsp3) is 0.375. The molecular formula is C24H29IN4O4. The Hall–Kier alpha value is -3.00. The zero-order chi connectivity index (χ0) is 24.2. The highest BCUT2D eigenvalue weighted by Crippen LogP contribution is 2.31. The summed E-state index contributed by atoms with van der Waals surface area (Å²) in [5.74, 6) is 3.33. The standard InChI is InChI=1S/C24H29IN4O4/c1-4-16-9-11-18(12-10-16)27-15-17-13-21(22(33-5-2)14-20(17)26)28-24(30)19(25)7-6-8-23(29-31)32-3/h1,6-8,13-16,18,31H,5,9-12,26H2,2-3H3,(H,28,30)/b8-6-,19-7-,27-15?,29-23-. The lowest BCUT2D eigenvalue weighted by molar-refractivity contribution is -0.112. The van der Waals surface area contributed by atoms with Gasteiger partial charge in [-0.15, -0.1) is 12.3 Å². The molecule has 1 aliphatic rings. The summed E-state index contributed by atoms with van der Waals surface area (Å²) in [6.07, 6.45) is 15.7. The van der Waals surface area contributed by atoms with Gasteiger partial charge in [-0.05, 0) is 72.5 Å². The topological polar surface area (TPSA) is 119 Å². The first-order chi connectivity index (χ1) is 15.9. The van der Waals surface area contributed by atoms with Gasteiger partial charge in [-0.1, -0.05) is 6.08 Å². The second-order valence-electron chi connectivity index (χ2n) is 7.33. The smallest absolute Gasteiger partial charge is 0.261 e. The minimum atomic E-state index is -0.332. The van der Waals surface area contributed by atoms with Crippen molar-refractivity contribution >= 4 is 52.0 Å². The molecule has 8 nitrogen and oxygen atoms in total. The summed E-state index contributed by atoms with van der Waals surface area (Å²) in [5, 5.41) is 14.5. The number of terminal acetylenes is 1. The molecule has 1 aromatic rings. The summed E-state index contributed by atoms with van der Waals surface area (Å²) >= 11 is 1.91. The number of amides is 1. The lowest BCUT2D eigenvalue weighted by atomic mass is 9.87. The zero-order valence-corrected chi connectivity index (χ0v) is 20.9. The summed E-state index contributed by atoms with van der Waals surface area (Å²) in [7, 11) is 1.38. The second-order valence-corrected chi connectivity index (χ2v) is 8.49. The van der Waals surface area contributed by atoms with Gasteiger partial charge in [0.15, 0.2) is 0 Å². The van der Waals surface area contributed by atoms with E-state index in [1.165, 1.54) is 13.2 Å². The van der Waals surface area contributed by atoms with Crippen molar-refractivity contribution in [2.45, 2.75) is 38.6 Å². The Morgan fingerprint density at radius 1 is 1.39 bits per heavy atom. The molecule has 1 aliphatic carbocycles. The first kappa shape index (κ1) is 26.3. The van der Waals surface area contributed by atoms with Crippen molar-refractivity contribution in [1.29, 1.82) is 0 Å². The molecule has 4 N–H and O–H groups in total. The fourth-order valence-corrected chi connectivity index (χ4v) is 3.63. The van der Waals surface area contributed by atoms with Gasteiger partial charge in [0.2, 0.25) is 5.90 Å². The number of halogens is 1. The van der Waals surface area contributed by atoms with Gasteiger partial charge in [0.25, 0.3) is 5.91 Å². The molecular weight excluding hydrogens is 535 g/mol. The Kier molecular flexibility index (Phi) is 10.8. The predicted octanol–water partition coefficient (Wildman–Crippen LogP) is 4.53. The average Bonchev–Trinajstić information content (AvgIpc) is 2.82. The summed E-state index contributed by atoms with van der Waals surface area (Å²) in [6.45, 7) is 2.28. The van der Waals surface area contributed by atoms with Gasteiger partial charge in [-0.3, -0.25) is 9.79 Å². The number of rotatable bonds is 8. The normalized spacial score (nSPS) is 19.5. The first-order valence-corrected chi connectivity index (χ1v) is 11.7. The van der Waals surface area contributed by atoms with Crippen LogP contribution in [0.25, 0.3) is 0 Å². The van der Waals surface area contributed by atoms with Crippen molar-refractivity contribution in [3.05, 3.63) is 39.5 Å². The van der Waals surface area contributed by atoms with Crippen LogP contribution in [-0.4, -0.2) is 43.0 Å². The van der Waals surface area contributed by atoms with Crippen LogP contribution in [0.1, 0.15) is 38.2 Å². The number of allylic oxidation sites excluding steroid dienone is 2. The number of ether oxygens (including phenoxy) is 2. The Bertz CT molecular complexity index is 987. The van der Waals surface area contributed by atoms with E-state index in [0.29, 0.717) is 38.8 Å². The van der Waals surface area contributed by atoms with Crippen LogP contribution in [0.15, 0.2) is 44.1 Å². The fourth-order valence-electron chi connectivity index (χ4n) is 3.29. The van der Waals surface area contributed by atoms with E-state index in [1.54, 1.807) is 30.5 Å². The molecule has 33 heavy (non-hydrogen) atoms. The van der Waals surface area contributed by atoms with Crippen molar-refractivity contribution < 1.29 is 19.5 Å². The van der Waals surface area contributed by atoms with E-state index in [0.717, 1.165) is 25.7 Å². The van der Waals surface area contributed by atoms with E-state index in [9.17, 15) is 4.79 Å². The number of nitrogens with two attached hydrogens (primary N) is 1. The van der Waals surface area contributed by atoms with Gasteiger partial charge in [0, 0.05) is 35.5 Å². The number of nitrogen functional groups attached to an aromatic ring is 1. The Labute approximate surface area is 208 Å². The first-order valence-electron chi connectivity index (χ1n) is 10.6. The molecule has 2 rings (SSSR count). The Morgan fingerprint density at radius 3 is 2.73 bits per heavy atom. The third-order valence-corrected chi connectivity index (χ3v) is 5.95. The van der Waals surface area contributed by atoms with Crippen LogP contribution < -0.4 is 15.8 Å². The number of aliphatic imine (C=N–C) groups is 1.